The van der Waals surface area contributed by atoms with Crippen LogP contribution < -0.4 is 0 Å². The number of aliphatic hydroxyl groups is 1. The zero-order valence-corrected chi connectivity index (χ0v) is 20.5. The fourth-order valence-electron chi connectivity index (χ4n) is 4.79. The minimum absolute atomic E-state index is 0.0262. The van der Waals surface area contributed by atoms with Crippen LogP contribution in [0, 0.1) is 11.8 Å². The van der Waals surface area contributed by atoms with Gasteiger partial charge in [-0.3, -0.25) is 9.59 Å². The summed E-state index contributed by atoms with van der Waals surface area (Å²) in [5.41, 5.74) is 0. The molecule has 2 saturated heterocycles. The van der Waals surface area contributed by atoms with Gasteiger partial charge in [-0.15, -0.1) is 0 Å². The Morgan fingerprint density at radius 1 is 0.914 bits per heavy atom. The molecule has 4 heterocycles. The molecule has 2 N–H and O–H groups in total. The second-order valence-corrected chi connectivity index (χ2v) is 9.23. The molecule has 11 heteroatoms. The third-order valence-electron chi connectivity index (χ3n) is 6.48. The van der Waals surface area contributed by atoms with Gasteiger partial charge in [0.2, 0.25) is 17.6 Å². The molecule has 0 saturated carbocycles. The van der Waals surface area contributed by atoms with Gasteiger partial charge in [0.25, 0.3) is 0 Å². The molecule has 2 aromatic heterocycles. The molecule has 0 radical (unpaired) electrons. The highest BCUT2D eigenvalue weighted by atomic mass is 16.4. The Balaban J connectivity index is 0.000000196. The third kappa shape index (κ3) is 6.91. The molecule has 2 aliphatic rings. The van der Waals surface area contributed by atoms with E-state index in [1.807, 2.05) is 9.47 Å². The van der Waals surface area contributed by atoms with Crippen LogP contribution in [0.3, 0.4) is 0 Å². The van der Waals surface area contributed by atoms with E-state index in [9.17, 15) is 14.4 Å². The number of amides is 2. The van der Waals surface area contributed by atoms with Crippen LogP contribution in [0.25, 0.3) is 0 Å². The van der Waals surface area contributed by atoms with E-state index in [1.165, 1.54) is 10.8 Å². The average molecular weight is 489 g/mol. The molecule has 2 fully saturated rings. The Morgan fingerprint density at radius 2 is 1.43 bits per heavy atom. The fraction of sp³-hybridized carbons (Fsp3) is 0.625. The summed E-state index contributed by atoms with van der Waals surface area (Å²) in [6, 6.07) is 0. The summed E-state index contributed by atoms with van der Waals surface area (Å²) in [6.45, 7) is 6.49. The zero-order valence-electron chi connectivity index (χ0n) is 20.5. The lowest BCUT2D eigenvalue weighted by atomic mass is 10.0. The van der Waals surface area contributed by atoms with E-state index in [2.05, 4.69) is 23.8 Å². The van der Waals surface area contributed by atoms with Crippen LogP contribution in [0.1, 0.15) is 68.8 Å². The van der Waals surface area contributed by atoms with Crippen LogP contribution in [-0.4, -0.2) is 70.0 Å². The molecule has 4 rings (SSSR count). The maximum absolute atomic E-state index is 11.8. The van der Waals surface area contributed by atoms with E-state index in [-0.39, 0.29) is 30.9 Å². The van der Waals surface area contributed by atoms with Crippen LogP contribution in [-0.2, 0) is 29.5 Å². The predicted molar refractivity (Wildman–Crippen MR) is 127 cm³/mol. The van der Waals surface area contributed by atoms with E-state index < -0.39 is 5.97 Å². The molecule has 192 valence electrons. The van der Waals surface area contributed by atoms with E-state index in [0.717, 1.165) is 32.2 Å². The fourth-order valence-corrected chi connectivity index (χ4v) is 4.79. The Morgan fingerprint density at radius 3 is 1.94 bits per heavy atom. The third-order valence-corrected chi connectivity index (χ3v) is 6.48. The highest BCUT2D eigenvalue weighted by Crippen LogP contribution is 2.23. The minimum atomic E-state index is -1.07. The number of nitrogens with zero attached hydrogens (tertiary/aromatic N) is 6. The van der Waals surface area contributed by atoms with Crippen molar-refractivity contribution in [3.8, 4) is 0 Å². The Bertz CT molecular complexity index is 1000. The summed E-state index contributed by atoms with van der Waals surface area (Å²) >= 11 is 0. The number of aromatic nitrogens is 4. The first-order valence-corrected chi connectivity index (χ1v) is 12.3. The molecule has 0 bridgehead atoms. The molecule has 2 aromatic rings. The normalized spacial score (nSPS) is 19.9. The zero-order chi connectivity index (χ0) is 25.4. The smallest absolute Gasteiger partial charge is 0.372 e. The van der Waals surface area contributed by atoms with Crippen molar-refractivity contribution in [3.63, 3.8) is 0 Å². The van der Waals surface area contributed by atoms with Crippen molar-refractivity contribution in [2.75, 3.05) is 13.1 Å². The van der Waals surface area contributed by atoms with Crippen molar-refractivity contribution >= 4 is 17.8 Å². The number of likely N-dealkylation sites (tertiary alicyclic amines) is 2. The van der Waals surface area contributed by atoms with Crippen molar-refractivity contribution in [2.24, 2.45) is 11.8 Å². The number of carboxylic acid groups (broad SMARTS) is 1. The van der Waals surface area contributed by atoms with Gasteiger partial charge < -0.3 is 29.1 Å². The molecule has 2 aliphatic heterocycles. The highest BCUT2D eigenvalue weighted by molar-refractivity contribution is 5.83. The van der Waals surface area contributed by atoms with E-state index in [1.54, 1.807) is 23.5 Å². The minimum Gasteiger partial charge on any atom is -0.475 e. The summed E-state index contributed by atoms with van der Waals surface area (Å²) < 4.78 is 3.32. The average Bonchev–Trinajstić information content (AvgIpc) is 3.59. The first-order valence-electron chi connectivity index (χ1n) is 12.3. The number of aromatic carboxylic acids is 1. The van der Waals surface area contributed by atoms with Crippen LogP contribution in [0.5, 0.6) is 0 Å². The second kappa shape index (κ2) is 12.5. The van der Waals surface area contributed by atoms with Crippen molar-refractivity contribution in [1.29, 1.82) is 0 Å². The van der Waals surface area contributed by atoms with Gasteiger partial charge in [0.1, 0.15) is 12.4 Å². The SMILES string of the molecule is CCCC1CC(=O)N(Cn2ccnc2C(=O)O)C1.CCCC1CC(=O)N(Cn2ccnc2CO)C1. The molecular weight excluding hydrogens is 452 g/mol. The number of aliphatic hydroxyl groups excluding tert-OH is 1. The lowest BCUT2D eigenvalue weighted by Crippen LogP contribution is -2.29. The second-order valence-electron chi connectivity index (χ2n) is 9.23. The van der Waals surface area contributed by atoms with Crippen LogP contribution >= 0.6 is 0 Å². The summed E-state index contributed by atoms with van der Waals surface area (Å²) in [5.74, 6) is 0.711. The van der Waals surface area contributed by atoms with E-state index >= 15 is 0 Å². The monoisotopic (exact) mass is 488 g/mol. The maximum atomic E-state index is 11.8. The topological polar surface area (TPSA) is 134 Å². The van der Waals surface area contributed by atoms with E-state index in [0.29, 0.717) is 43.7 Å². The number of imidazole rings is 2. The van der Waals surface area contributed by atoms with Crippen LogP contribution in [0.4, 0.5) is 0 Å². The van der Waals surface area contributed by atoms with Gasteiger partial charge in [0.05, 0.1) is 13.3 Å². The number of carbonyl (C=O) groups excluding carboxylic acids is 2. The molecule has 2 unspecified atom stereocenters. The first-order chi connectivity index (χ1) is 16.9. The summed E-state index contributed by atoms with van der Waals surface area (Å²) in [7, 11) is 0. The van der Waals surface area contributed by atoms with Crippen molar-refractivity contribution < 1.29 is 24.6 Å². The lowest BCUT2D eigenvalue weighted by Gasteiger charge is -2.18. The van der Waals surface area contributed by atoms with Gasteiger partial charge in [-0.1, -0.05) is 26.7 Å². The summed E-state index contributed by atoms with van der Waals surface area (Å²) in [4.78, 5) is 45.9. The number of hydrogen-bond donors (Lipinski definition) is 2. The molecular formula is C24H36N6O5. The number of carbonyl (C=O) groups is 3. The van der Waals surface area contributed by atoms with Crippen LogP contribution in [0.2, 0.25) is 0 Å². The number of rotatable bonds is 10. The maximum Gasteiger partial charge on any atom is 0.372 e. The Labute approximate surface area is 205 Å². The Hall–Kier alpha value is -3.21. The molecule has 2 amide bonds. The molecule has 35 heavy (non-hydrogen) atoms. The van der Waals surface area contributed by atoms with Crippen LogP contribution in [0.15, 0.2) is 24.8 Å². The highest BCUT2D eigenvalue weighted by Gasteiger charge is 2.30. The van der Waals surface area contributed by atoms with E-state index in [4.69, 9.17) is 10.2 Å². The number of carboxylic acids is 1. The molecule has 2 atom stereocenters. The first kappa shape index (κ1) is 26.4. The molecule has 0 spiro atoms. The Kier molecular flexibility index (Phi) is 9.41. The standard InChI is InChI=1S/C12H17N3O3.C12H19N3O2/c1-2-3-9-6-10(16)15(7-9)8-14-5-4-13-11(14)12(17)18;1-2-3-10-6-12(17)15(7-10)9-14-5-4-13-11(14)8-16/h4-5,9H,2-3,6-8H2,1H3,(H,17,18);4-5,10,16H,2-3,6-9H2,1H3. The molecule has 0 aromatic carbocycles. The van der Waals surface area contributed by atoms with Gasteiger partial charge in [0, 0.05) is 50.7 Å². The predicted octanol–water partition coefficient (Wildman–Crippen LogP) is 2.17. The largest absolute Gasteiger partial charge is 0.475 e. The molecule has 0 aliphatic carbocycles. The number of hydrogen-bond acceptors (Lipinski definition) is 6. The van der Waals surface area contributed by atoms with Gasteiger partial charge in [-0.25, -0.2) is 14.8 Å². The van der Waals surface area contributed by atoms with Gasteiger partial charge in [-0.05, 0) is 24.7 Å². The summed E-state index contributed by atoms with van der Waals surface area (Å²) in [6.07, 6.45) is 12.0. The van der Waals surface area contributed by atoms with Crippen molar-refractivity contribution in [1.82, 2.24) is 28.9 Å². The van der Waals surface area contributed by atoms with Crippen molar-refractivity contribution in [3.05, 3.63) is 36.4 Å². The lowest BCUT2D eigenvalue weighted by molar-refractivity contribution is -0.130. The van der Waals surface area contributed by atoms with Gasteiger partial charge in [-0.2, -0.15) is 0 Å². The quantitative estimate of drug-likeness (QED) is 0.523. The molecule has 11 nitrogen and oxygen atoms in total. The van der Waals surface area contributed by atoms with Gasteiger partial charge in [0.15, 0.2) is 0 Å². The van der Waals surface area contributed by atoms with Crippen molar-refractivity contribution in [2.45, 2.75) is 72.3 Å². The summed E-state index contributed by atoms with van der Waals surface area (Å²) in [5, 5.41) is 18.0. The van der Waals surface area contributed by atoms with Gasteiger partial charge >= 0.3 is 5.97 Å².